The molecule has 0 spiro atoms. The van der Waals surface area contributed by atoms with Crippen molar-refractivity contribution in [2.75, 3.05) is 44.2 Å². The van der Waals surface area contributed by atoms with Gasteiger partial charge in [0.15, 0.2) is 0 Å². The molecule has 2 aromatic carbocycles. The Morgan fingerprint density at radius 3 is 2.26 bits per heavy atom. The Hall–Kier alpha value is -4.28. The summed E-state index contributed by atoms with van der Waals surface area (Å²) in [5.74, 6) is -2.14. The number of halogens is 1. The number of non-ortho nitro benzene ring substituents is 1. The predicted molar refractivity (Wildman–Crippen MR) is 137 cm³/mol. The number of nitrogens with zero attached hydrogens (tertiary/aromatic N) is 4. The Labute approximate surface area is 219 Å². The molecule has 0 aliphatic carbocycles. The third-order valence-corrected chi connectivity index (χ3v) is 6.94. The van der Waals surface area contributed by atoms with Crippen LogP contribution in [0.4, 0.5) is 15.8 Å². The van der Waals surface area contributed by atoms with Crippen LogP contribution in [0.1, 0.15) is 31.7 Å². The zero-order valence-corrected chi connectivity index (χ0v) is 21.3. The van der Waals surface area contributed by atoms with Crippen LogP contribution in [0.3, 0.4) is 0 Å². The van der Waals surface area contributed by atoms with Crippen LogP contribution in [0.25, 0.3) is 0 Å². The van der Waals surface area contributed by atoms with E-state index in [2.05, 4.69) is 0 Å². The summed E-state index contributed by atoms with van der Waals surface area (Å²) in [5.41, 5.74) is 2.11. The second-order valence-electron chi connectivity index (χ2n) is 9.15. The van der Waals surface area contributed by atoms with Gasteiger partial charge in [-0.3, -0.25) is 19.7 Å². The van der Waals surface area contributed by atoms with Gasteiger partial charge in [0, 0.05) is 62.0 Å². The average molecular weight is 525 g/mol. The topological polar surface area (TPSA) is 113 Å². The van der Waals surface area contributed by atoms with E-state index in [1.807, 2.05) is 4.90 Å². The molecule has 2 amide bonds. The number of esters is 1. The van der Waals surface area contributed by atoms with Crippen molar-refractivity contribution in [3.8, 4) is 0 Å². The number of carbonyl (C=O) groups is 3. The fraction of sp³-hybridized carbons (Fsp3) is 0.370. The number of nitro groups is 1. The van der Waals surface area contributed by atoms with Gasteiger partial charge in [0.05, 0.1) is 17.1 Å². The van der Waals surface area contributed by atoms with Crippen molar-refractivity contribution in [2.24, 2.45) is 0 Å². The van der Waals surface area contributed by atoms with E-state index in [0.717, 1.165) is 5.69 Å². The number of allylic oxidation sites excluding steroid dienone is 1. The van der Waals surface area contributed by atoms with Crippen LogP contribution < -0.4 is 4.90 Å². The molecular weight excluding hydrogens is 495 g/mol. The average Bonchev–Trinajstić information content (AvgIpc) is 2.91. The summed E-state index contributed by atoms with van der Waals surface area (Å²) in [6, 6.07) is 11.9. The van der Waals surface area contributed by atoms with Crippen LogP contribution >= 0.6 is 0 Å². The molecule has 2 aromatic rings. The van der Waals surface area contributed by atoms with Gasteiger partial charge in [0.2, 0.25) is 11.8 Å². The van der Waals surface area contributed by atoms with Crippen molar-refractivity contribution in [2.45, 2.75) is 26.2 Å². The molecule has 200 valence electrons. The van der Waals surface area contributed by atoms with E-state index >= 15 is 0 Å². The number of piperazine rings is 1. The summed E-state index contributed by atoms with van der Waals surface area (Å²) >= 11 is 0. The summed E-state index contributed by atoms with van der Waals surface area (Å²) < 4.78 is 18.7. The van der Waals surface area contributed by atoms with Crippen molar-refractivity contribution in [1.82, 2.24) is 9.80 Å². The fourth-order valence-corrected chi connectivity index (χ4v) is 4.89. The molecule has 4 rings (SSSR count). The number of anilines is 1. The first-order chi connectivity index (χ1) is 18.2. The third kappa shape index (κ3) is 5.66. The van der Waals surface area contributed by atoms with E-state index in [0.29, 0.717) is 37.4 Å². The van der Waals surface area contributed by atoms with Crippen molar-refractivity contribution in [1.29, 1.82) is 0 Å². The molecule has 1 atom stereocenters. The Bertz CT molecular complexity index is 1250. The van der Waals surface area contributed by atoms with Gasteiger partial charge in [-0.2, -0.15) is 0 Å². The van der Waals surface area contributed by atoms with Crippen molar-refractivity contribution >= 4 is 29.2 Å². The van der Waals surface area contributed by atoms with Crippen LogP contribution in [-0.4, -0.2) is 71.8 Å². The maximum atomic E-state index is 13.5. The number of benzene rings is 2. The lowest BCUT2D eigenvalue weighted by Gasteiger charge is -2.38. The van der Waals surface area contributed by atoms with Crippen LogP contribution in [0, 0.1) is 15.9 Å². The van der Waals surface area contributed by atoms with E-state index in [4.69, 9.17) is 4.74 Å². The number of carbonyl (C=O) groups excluding carboxylic acids is 3. The van der Waals surface area contributed by atoms with Gasteiger partial charge in [0.1, 0.15) is 12.4 Å². The number of nitro benzene ring substituents is 1. The summed E-state index contributed by atoms with van der Waals surface area (Å²) in [4.78, 5) is 54.7. The first-order valence-corrected chi connectivity index (χ1v) is 12.4. The zero-order valence-electron chi connectivity index (χ0n) is 21.3. The second kappa shape index (κ2) is 11.4. The zero-order chi connectivity index (χ0) is 27.4. The van der Waals surface area contributed by atoms with Crippen molar-refractivity contribution in [3.63, 3.8) is 0 Å². The Kier molecular flexibility index (Phi) is 8.04. The normalized spacial score (nSPS) is 18.0. The number of hydrogen-bond donors (Lipinski definition) is 0. The lowest BCUT2D eigenvalue weighted by atomic mass is 9.83. The van der Waals surface area contributed by atoms with Crippen LogP contribution in [0.15, 0.2) is 59.8 Å². The lowest BCUT2D eigenvalue weighted by molar-refractivity contribution is -0.384. The Balaban J connectivity index is 1.47. The lowest BCUT2D eigenvalue weighted by Crippen LogP contribution is -2.52. The standard InChI is InChI=1S/C27H29FN4O6/c1-3-38-27(35)26-18(2)31(24(33)16-23(26)19-4-6-20(28)7-5-19)17-25(34)30-14-12-29(13-15-30)21-8-10-22(11-9-21)32(36)37/h4-11,23H,3,12-17H2,1-2H3. The van der Waals surface area contributed by atoms with Gasteiger partial charge < -0.3 is 19.4 Å². The number of amides is 2. The summed E-state index contributed by atoms with van der Waals surface area (Å²) in [5, 5.41) is 10.9. The highest BCUT2D eigenvalue weighted by atomic mass is 19.1. The third-order valence-electron chi connectivity index (χ3n) is 6.94. The van der Waals surface area contributed by atoms with Crippen molar-refractivity contribution in [3.05, 3.63) is 81.3 Å². The molecule has 2 heterocycles. The van der Waals surface area contributed by atoms with Gasteiger partial charge in [-0.15, -0.1) is 0 Å². The monoisotopic (exact) mass is 524 g/mol. The molecule has 0 aromatic heterocycles. The molecule has 1 saturated heterocycles. The van der Waals surface area contributed by atoms with Crippen LogP contribution in [0.2, 0.25) is 0 Å². The van der Waals surface area contributed by atoms with Gasteiger partial charge in [-0.05, 0) is 43.7 Å². The van der Waals surface area contributed by atoms with E-state index in [9.17, 15) is 28.9 Å². The molecule has 38 heavy (non-hydrogen) atoms. The largest absolute Gasteiger partial charge is 0.463 e. The molecule has 2 aliphatic heterocycles. The second-order valence-corrected chi connectivity index (χ2v) is 9.15. The quantitative estimate of drug-likeness (QED) is 0.310. The van der Waals surface area contributed by atoms with Gasteiger partial charge in [-0.25, -0.2) is 9.18 Å². The predicted octanol–water partition coefficient (Wildman–Crippen LogP) is 3.24. The highest BCUT2D eigenvalue weighted by Gasteiger charge is 2.38. The summed E-state index contributed by atoms with van der Waals surface area (Å²) in [7, 11) is 0. The highest BCUT2D eigenvalue weighted by Crippen LogP contribution is 2.37. The number of ether oxygens (including phenoxy) is 1. The summed E-state index contributed by atoms with van der Waals surface area (Å²) in [6.07, 6.45) is -0.0433. The smallest absolute Gasteiger partial charge is 0.336 e. The van der Waals surface area contributed by atoms with Crippen molar-refractivity contribution < 1.29 is 28.4 Å². The van der Waals surface area contributed by atoms with Gasteiger partial charge in [0.25, 0.3) is 5.69 Å². The van der Waals surface area contributed by atoms with Crippen LogP contribution in [0.5, 0.6) is 0 Å². The minimum absolute atomic E-state index is 0.0149. The Morgan fingerprint density at radius 1 is 1.05 bits per heavy atom. The molecule has 2 aliphatic rings. The van der Waals surface area contributed by atoms with Gasteiger partial charge in [-0.1, -0.05) is 12.1 Å². The number of rotatable bonds is 7. The van der Waals surface area contributed by atoms with E-state index in [-0.39, 0.29) is 42.6 Å². The molecular formula is C27H29FN4O6. The molecule has 11 heteroatoms. The van der Waals surface area contributed by atoms with Crippen LogP contribution in [-0.2, 0) is 19.1 Å². The number of hydrogen-bond acceptors (Lipinski definition) is 7. The van der Waals surface area contributed by atoms with E-state index < -0.39 is 22.6 Å². The van der Waals surface area contributed by atoms with E-state index in [1.165, 1.54) is 29.2 Å². The molecule has 0 N–H and O–H groups in total. The molecule has 1 unspecified atom stereocenters. The minimum atomic E-state index is -0.598. The van der Waals surface area contributed by atoms with E-state index in [1.54, 1.807) is 43.0 Å². The summed E-state index contributed by atoms with van der Waals surface area (Å²) in [6.45, 7) is 5.16. The highest BCUT2D eigenvalue weighted by molar-refractivity contribution is 5.97. The first-order valence-electron chi connectivity index (χ1n) is 12.4. The Morgan fingerprint density at radius 2 is 1.68 bits per heavy atom. The molecule has 0 radical (unpaired) electrons. The molecule has 1 fully saturated rings. The first kappa shape index (κ1) is 26.8. The maximum absolute atomic E-state index is 13.5. The SMILES string of the molecule is CCOC(=O)C1=C(C)N(CC(=O)N2CCN(c3ccc([N+](=O)[O-])cc3)CC2)C(=O)CC1c1ccc(F)cc1. The van der Waals surface area contributed by atoms with Gasteiger partial charge >= 0.3 is 5.97 Å². The fourth-order valence-electron chi connectivity index (χ4n) is 4.89. The molecule has 0 saturated carbocycles. The maximum Gasteiger partial charge on any atom is 0.336 e. The molecule has 10 nitrogen and oxygen atoms in total. The molecule has 0 bridgehead atoms. The minimum Gasteiger partial charge on any atom is -0.463 e.